The van der Waals surface area contributed by atoms with Crippen molar-refractivity contribution in [3.8, 4) is 6.07 Å². The molecule has 1 N–H and O–H groups in total. The largest absolute Gasteiger partial charge is 0.444 e. The second-order valence-electron chi connectivity index (χ2n) is 5.58. The number of nitrogens with zero attached hydrogens (tertiary/aromatic N) is 2. The molecular weight excluding hydrogens is 287 g/mol. The number of hydrogen-bond donors (Lipinski definition) is 1. The molecule has 0 aromatic carbocycles. The summed E-state index contributed by atoms with van der Waals surface area (Å²) in [6.45, 7) is 12.9. The number of carbonyl (C=O) groups excluding carboxylic acids is 1. The highest BCUT2D eigenvalue weighted by Gasteiger charge is 2.52. The number of aliphatic hydroxyl groups excluding tert-OH is 1. The van der Waals surface area contributed by atoms with Crippen LogP contribution in [-0.2, 0) is 4.74 Å². The summed E-state index contributed by atoms with van der Waals surface area (Å²) in [5.74, 6) is 0. The van der Waals surface area contributed by atoms with Crippen LogP contribution in [0.5, 0.6) is 0 Å². The summed E-state index contributed by atoms with van der Waals surface area (Å²) < 4.78 is 18.8. The van der Waals surface area contributed by atoms with E-state index in [1.54, 1.807) is 20.8 Å². The Labute approximate surface area is 134 Å². The Morgan fingerprint density at radius 2 is 1.82 bits per heavy atom. The van der Waals surface area contributed by atoms with Crippen molar-refractivity contribution in [3.05, 3.63) is 0 Å². The van der Waals surface area contributed by atoms with Crippen LogP contribution in [0.3, 0.4) is 0 Å². The van der Waals surface area contributed by atoms with Crippen LogP contribution in [-0.4, -0.2) is 47.6 Å². The highest BCUT2D eigenvalue weighted by molar-refractivity contribution is 5.69. The number of amides is 1. The molecule has 0 saturated carbocycles. The molecule has 0 bridgehead atoms. The zero-order valence-corrected chi connectivity index (χ0v) is 14.9. The Bertz CT molecular complexity index is 355. The molecular formula is C16H31FN2O3. The summed E-state index contributed by atoms with van der Waals surface area (Å²) in [5, 5.41) is 17.7. The number of ether oxygens (including phenoxy) is 1. The minimum absolute atomic E-state index is 0.0135. The highest BCUT2D eigenvalue weighted by atomic mass is 19.1. The van der Waals surface area contributed by atoms with Gasteiger partial charge in [-0.3, -0.25) is 0 Å². The van der Waals surface area contributed by atoms with Crippen molar-refractivity contribution in [2.75, 3.05) is 19.7 Å². The number of aliphatic hydroxyl groups is 1. The molecule has 1 atom stereocenters. The number of nitriles is 1. The molecule has 0 spiro atoms. The Morgan fingerprint density at radius 1 is 1.36 bits per heavy atom. The Morgan fingerprint density at radius 3 is 2.14 bits per heavy atom. The number of likely N-dealkylation sites (tertiary alicyclic amines) is 1. The van der Waals surface area contributed by atoms with Gasteiger partial charge in [0.05, 0.1) is 6.07 Å². The fourth-order valence-electron chi connectivity index (χ4n) is 1.82. The van der Waals surface area contributed by atoms with Crippen LogP contribution in [0.4, 0.5) is 9.18 Å². The van der Waals surface area contributed by atoms with E-state index in [-0.39, 0.29) is 26.1 Å². The van der Waals surface area contributed by atoms with Crippen LogP contribution in [0.1, 0.15) is 54.9 Å². The number of rotatable bonds is 3. The van der Waals surface area contributed by atoms with Crippen LogP contribution in [0, 0.1) is 16.7 Å². The molecule has 1 fully saturated rings. The Balaban J connectivity index is 0. The molecule has 5 nitrogen and oxygen atoms in total. The SMILES string of the molecule is CC.CC.CC(C)(C)OC(=O)N1CC(C#N)(C(F)CCO)C1. The second kappa shape index (κ2) is 10.4. The number of alkyl halides is 1. The average molecular weight is 318 g/mol. The third-order valence-corrected chi connectivity index (χ3v) is 2.80. The zero-order chi connectivity index (χ0) is 18.0. The normalized spacial score (nSPS) is 16.6. The van der Waals surface area contributed by atoms with Crippen LogP contribution in [0.2, 0.25) is 0 Å². The van der Waals surface area contributed by atoms with Gasteiger partial charge in [-0.05, 0) is 20.8 Å². The van der Waals surface area contributed by atoms with Gasteiger partial charge < -0.3 is 14.7 Å². The summed E-state index contributed by atoms with van der Waals surface area (Å²) in [6, 6.07) is 1.91. The summed E-state index contributed by atoms with van der Waals surface area (Å²) in [6.07, 6.45) is -2.05. The van der Waals surface area contributed by atoms with Crippen molar-refractivity contribution in [3.63, 3.8) is 0 Å². The zero-order valence-electron chi connectivity index (χ0n) is 14.9. The van der Waals surface area contributed by atoms with E-state index in [9.17, 15) is 9.18 Å². The monoisotopic (exact) mass is 318 g/mol. The van der Waals surface area contributed by atoms with E-state index >= 15 is 0 Å². The lowest BCUT2D eigenvalue weighted by atomic mass is 9.76. The van der Waals surface area contributed by atoms with E-state index in [0.29, 0.717) is 0 Å². The number of halogens is 1. The molecule has 0 aromatic heterocycles. The fourth-order valence-corrected chi connectivity index (χ4v) is 1.82. The maximum absolute atomic E-state index is 13.7. The first kappa shape index (κ1) is 22.9. The van der Waals surface area contributed by atoms with Crippen LogP contribution in [0.25, 0.3) is 0 Å². The summed E-state index contributed by atoms with van der Waals surface area (Å²) >= 11 is 0. The first-order valence-electron chi connectivity index (χ1n) is 7.88. The maximum Gasteiger partial charge on any atom is 0.410 e. The van der Waals surface area contributed by atoms with Crippen LogP contribution >= 0.6 is 0 Å². The van der Waals surface area contributed by atoms with Crippen molar-refractivity contribution in [1.82, 2.24) is 4.90 Å². The van der Waals surface area contributed by atoms with Gasteiger partial charge in [-0.2, -0.15) is 5.26 Å². The molecule has 0 radical (unpaired) electrons. The molecule has 0 aromatic rings. The molecule has 6 heteroatoms. The van der Waals surface area contributed by atoms with Gasteiger partial charge in [0.1, 0.15) is 17.2 Å². The third kappa shape index (κ3) is 6.61. The van der Waals surface area contributed by atoms with Gasteiger partial charge in [0.2, 0.25) is 0 Å². The first-order chi connectivity index (χ1) is 10.2. The molecule has 1 saturated heterocycles. The third-order valence-electron chi connectivity index (χ3n) is 2.80. The van der Waals surface area contributed by atoms with Gasteiger partial charge >= 0.3 is 6.09 Å². The fraction of sp³-hybridized carbons (Fsp3) is 0.875. The standard InChI is InChI=1S/C12H19FN2O3.2C2H6/c1-11(2,3)18-10(17)15-7-12(6-14,8-15)9(13)4-5-16;2*1-2/h9,16H,4-5,7-8H2,1-3H3;2*1-2H3. The molecule has 1 unspecified atom stereocenters. The highest BCUT2D eigenvalue weighted by Crippen LogP contribution is 2.37. The van der Waals surface area contributed by atoms with Crippen molar-refractivity contribution < 1.29 is 19.0 Å². The van der Waals surface area contributed by atoms with Gasteiger partial charge in [0, 0.05) is 26.1 Å². The molecule has 1 aliphatic heterocycles. The summed E-state index contributed by atoms with van der Waals surface area (Å²) in [4.78, 5) is 13.0. The minimum atomic E-state index is -1.42. The average Bonchev–Trinajstić information content (AvgIpc) is 2.41. The lowest BCUT2D eigenvalue weighted by Crippen LogP contribution is -2.62. The lowest BCUT2D eigenvalue weighted by Gasteiger charge is -2.46. The summed E-state index contributed by atoms with van der Waals surface area (Å²) in [7, 11) is 0. The topological polar surface area (TPSA) is 73.6 Å². The van der Waals surface area contributed by atoms with Gasteiger partial charge in [-0.25, -0.2) is 9.18 Å². The molecule has 1 amide bonds. The van der Waals surface area contributed by atoms with Gasteiger partial charge in [0.25, 0.3) is 0 Å². The molecule has 0 aliphatic carbocycles. The number of carbonyl (C=O) groups is 1. The summed E-state index contributed by atoms with van der Waals surface area (Å²) in [5.41, 5.74) is -1.80. The Kier molecular flexibility index (Phi) is 10.8. The predicted molar refractivity (Wildman–Crippen MR) is 85.1 cm³/mol. The molecule has 1 aliphatic rings. The van der Waals surface area contributed by atoms with E-state index in [0.717, 1.165) is 0 Å². The van der Waals surface area contributed by atoms with E-state index in [1.165, 1.54) is 4.90 Å². The van der Waals surface area contributed by atoms with Crippen molar-refractivity contribution in [2.45, 2.75) is 66.7 Å². The quantitative estimate of drug-likeness (QED) is 0.864. The van der Waals surface area contributed by atoms with Gasteiger partial charge in [0.15, 0.2) is 0 Å². The van der Waals surface area contributed by atoms with Crippen molar-refractivity contribution >= 4 is 6.09 Å². The molecule has 1 heterocycles. The van der Waals surface area contributed by atoms with Gasteiger partial charge in [-0.15, -0.1) is 0 Å². The van der Waals surface area contributed by atoms with Crippen molar-refractivity contribution in [1.29, 1.82) is 5.26 Å². The van der Waals surface area contributed by atoms with E-state index < -0.39 is 23.3 Å². The smallest absolute Gasteiger partial charge is 0.410 e. The maximum atomic E-state index is 13.7. The van der Waals surface area contributed by atoms with E-state index in [4.69, 9.17) is 15.1 Å². The number of hydrogen-bond acceptors (Lipinski definition) is 4. The molecule has 130 valence electrons. The van der Waals surface area contributed by atoms with Crippen molar-refractivity contribution in [2.24, 2.45) is 5.41 Å². The first-order valence-corrected chi connectivity index (χ1v) is 7.88. The van der Waals surface area contributed by atoms with E-state index in [1.807, 2.05) is 33.8 Å². The van der Waals surface area contributed by atoms with Crippen LogP contribution < -0.4 is 0 Å². The van der Waals surface area contributed by atoms with Crippen LogP contribution in [0.15, 0.2) is 0 Å². The van der Waals surface area contributed by atoms with E-state index in [2.05, 4.69) is 0 Å². The Hall–Kier alpha value is -1.35. The predicted octanol–water partition coefficient (Wildman–Crippen LogP) is 3.52. The molecule has 22 heavy (non-hydrogen) atoms. The minimum Gasteiger partial charge on any atom is -0.444 e. The second-order valence-corrected chi connectivity index (χ2v) is 5.58. The molecule has 1 rings (SSSR count). The lowest BCUT2D eigenvalue weighted by molar-refractivity contribution is -0.0445. The van der Waals surface area contributed by atoms with Gasteiger partial charge in [-0.1, -0.05) is 27.7 Å².